The number of rotatable bonds is 7. The molecule has 2 aliphatic carbocycles. The van der Waals surface area contributed by atoms with Gasteiger partial charge in [0.05, 0.1) is 5.60 Å². The van der Waals surface area contributed by atoms with Gasteiger partial charge in [0.25, 0.3) is 0 Å². The van der Waals surface area contributed by atoms with Crippen LogP contribution in [0.25, 0.3) is 0 Å². The van der Waals surface area contributed by atoms with Gasteiger partial charge in [-0.05, 0) is 63.3 Å². The van der Waals surface area contributed by atoms with Crippen LogP contribution in [0.15, 0.2) is 0 Å². The van der Waals surface area contributed by atoms with E-state index >= 15 is 0 Å². The maximum Gasteiger partial charge on any atom is 0.0693 e. The van der Waals surface area contributed by atoms with Crippen LogP contribution in [-0.4, -0.2) is 25.3 Å². The summed E-state index contributed by atoms with van der Waals surface area (Å²) in [5, 5.41) is 3.83. The largest absolute Gasteiger partial charge is 0.378 e. The minimum atomic E-state index is 0.217. The quantitative estimate of drug-likeness (QED) is 0.748. The lowest BCUT2D eigenvalue weighted by Crippen LogP contribution is -2.49. The molecule has 2 fully saturated rings. The van der Waals surface area contributed by atoms with Crippen molar-refractivity contribution in [3.8, 4) is 0 Å². The molecule has 2 saturated carbocycles. The van der Waals surface area contributed by atoms with Crippen molar-refractivity contribution in [1.82, 2.24) is 5.32 Å². The molecular weight excluding hydrogens is 234 g/mol. The Balaban J connectivity index is 1.91. The van der Waals surface area contributed by atoms with Crippen molar-refractivity contribution >= 4 is 0 Å². The Labute approximate surface area is 119 Å². The van der Waals surface area contributed by atoms with E-state index in [0.717, 1.165) is 18.4 Å². The summed E-state index contributed by atoms with van der Waals surface area (Å²) in [6, 6.07) is 0.688. The Kier molecular flexibility index (Phi) is 5.70. The first-order valence-electron chi connectivity index (χ1n) is 8.47. The summed E-state index contributed by atoms with van der Waals surface area (Å²) in [7, 11) is 1.92. The molecule has 2 heteroatoms. The van der Waals surface area contributed by atoms with Crippen molar-refractivity contribution in [2.75, 3.05) is 13.7 Å². The molecule has 2 aliphatic rings. The third-order valence-corrected chi connectivity index (χ3v) is 5.58. The van der Waals surface area contributed by atoms with E-state index in [1.165, 1.54) is 57.8 Å². The second kappa shape index (κ2) is 7.08. The Hall–Kier alpha value is -0.0800. The number of hydrogen-bond donors (Lipinski definition) is 1. The van der Waals surface area contributed by atoms with Gasteiger partial charge < -0.3 is 10.1 Å². The van der Waals surface area contributed by atoms with Crippen LogP contribution in [0.3, 0.4) is 0 Å². The van der Waals surface area contributed by atoms with Crippen LogP contribution < -0.4 is 5.32 Å². The van der Waals surface area contributed by atoms with Crippen molar-refractivity contribution in [3.05, 3.63) is 0 Å². The van der Waals surface area contributed by atoms with E-state index in [9.17, 15) is 0 Å². The highest BCUT2D eigenvalue weighted by Crippen LogP contribution is 2.42. The summed E-state index contributed by atoms with van der Waals surface area (Å²) in [6.07, 6.45) is 12.1. The fourth-order valence-corrected chi connectivity index (χ4v) is 3.89. The molecule has 2 rings (SSSR count). The highest BCUT2D eigenvalue weighted by atomic mass is 16.5. The molecule has 1 unspecified atom stereocenters. The van der Waals surface area contributed by atoms with Crippen LogP contribution >= 0.6 is 0 Å². The normalized spacial score (nSPS) is 31.7. The minimum absolute atomic E-state index is 0.217. The van der Waals surface area contributed by atoms with Gasteiger partial charge in [0.15, 0.2) is 0 Å². The molecule has 1 N–H and O–H groups in total. The van der Waals surface area contributed by atoms with Crippen LogP contribution in [0, 0.1) is 11.8 Å². The van der Waals surface area contributed by atoms with E-state index in [2.05, 4.69) is 19.2 Å². The molecule has 0 bridgehead atoms. The van der Waals surface area contributed by atoms with Crippen LogP contribution in [0.1, 0.15) is 71.6 Å². The van der Waals surface area contributed by atoms with Crippen LogP contribution in [0.4, 0.5) is 0 Å². The summed E-state index contributed by atoms with van der Waals surface area (Å²) >= 11 is 0. The molecule has 19 heavy (non-hydrogen) atoms. The zero-order valence-corrected chi connectivity index (χ0v) is 13.2. The Morgan fingerprint density at radius 1 is 1.21 bits per heavy atom. The van der Waals surface area contributed by atoms with E-state index in [-0.39, 0.29) is 5.60 Å². The molecule has 2 nitrogen and oxygen atoms in total. The predicted molar refractivity (Wildman–Crippen MR) is 81.4 cm³/mol. The van der Waals surface area contributed by atoms with Gasteiger partial charge in [-0.2, -0.15) is 0 Å². The SMILES string of the molecule is CCCNC(CC1(OC)CCC1)C1CCC(C)CC1. The fraction of sp³-hybridized carbons (Fsp3) is 1.00. The third-order valence-electron chi connectivity index (χ3n) is 5.58. The second-order valence-electron chi connectivity index (χ2n) is 7.03. The van der Waals surface area contributed by atoms with Gasteiger partial charge in [0.1, 0.15) is 0 Å². The highest BCUT2D eigenvalue weighted by Gasteiger charge is 2.41. The molecule has 112 valence electrons. The number of methoxy groups -OCH3 is 1. The first-order chi connectivity index (χ1) is 9.19. The molecule has 0 radical (unpaired) electrons. The molecule has 0 heterocycles. The van der Waals surface area contributed by atoms with E-state index < -0.39 is 0 Å². The van der Waals surface area contributed by atoms with Gasteiger partial charge in [-0.25, -0.2) is 0 Å². The van der Waals surface area contributed by atoms with Gasteiger partial charge in [-0.1, -0.05) is 26.7 Å². The lowest BCUT2D eigenvalue weighted by atomic mass is 9.70. The lowest BCUT2D eigenvalue weighted by molar-refractivity contribution is -0.0881. The first-order valence-corrected chi connectivity index (χ1v) is 8.47. The molecular formula is C17H33NO. The minimum Gasteiger partial charge on any atom is -0.378 e. The standard InChI is InChI=1S/C17H33NO/c1-4-12-18-16(13-17(19-3)10-5-11-17)15-8-6-14(2)7-9-15/h14-16,18H,4-13H2,1-3H3. The van der Waals surface area contributed by atoms with Gasteiger partial charge in [-0.3, -0.25) is 0 Å². The van der Waals surface area contributed by atoms with E-state index in [0.29, 0.717) is 6.04 Å². The number of hydrogen-bond acceptors (Lipinski definition) is 2. The summed E-state index contributed by atoms with van der Waals surface area (Å²) in [4.78, 5) is 0. The van der Waals surface area contributed by atoms with Gasteiger partial charge in [0, 0.05) is 13.2 Å². The summed E-state index contributed by atoms with van der Waals surface area (Å²) in [5.74, 6) is 1.83. The molecule has 0 aromatic rings. The monoisotopic (exact) mass is 267 g/mol. The van der Waals surface area contributed by atoms with Crippen molar-refractivity contribution in [3.63, 3.8) is 0 Å². The topological polar surface area (TPSA) is 21.3 Å². The Bertz CT molecular complexity index is 248. The van der Waals surface area contributed by atoms with Crippen molar-refractivity contribution in [2.45, 2.75) is 83.3 Å². The Morgan fingerprint density at radius 2 is 1.89 bits per heavy atom. The van der Waals surface area contributed by atoms with E-state index in [1.54, 1.807) is 0 Å². The summed E-state index contributed by atoms with van der Waals surface area (Å²) in [5.41, 5.74) is 0.217. The molecule has 0 aromatic carbocycles. The van der Waals surface area contributed by atoms with Crippen molar-refractivity contribution in [1.29, 1.82) is 0 Å². The molecule has 0 aliphatic heterocycles. The Morgan fingerprint density at radius 3 is 2.37 bits per heavy atom. The van der Waals surface area contributed by atoms with E-state index in [1.807, 2.05) is 7.11 Å². The predicted octanol–water partition coefficient (Wildman–Crippen LogP) is 4.14. The zero-order chi connectivity index (χ0) is 13.7. The van der Waals surface area contributed by atoms with Crippen molar-refractivity contribution in [2.24, 2.45) is 11.8 Å². The first kappa shape index (κ1) is 15.3. The molecule has 0 amide bonds. The smallest absolute Gasteiger partial charge is 0.0693 e. The molecule has 0 aromatic heterocycles. The average molecular weight is 267 g/mol. The third kappa shape index (κ3) is 3.95. The maximum atomic E-state index is 5.86. The number of nitrogens with one attached hydrogen (secondary N) is 1. The summed E-state index contributed by atoms with van der Waals surface area (Å²) < 4.78 is 5.86. The van der Waals surface area contributed by atoms with E-state index in [4.69, 9.17) is 4.74 Å². The van der Waals surface area contributed by atoms with Gasteiger partial charge in [0.2, 0.25) is 0 Å². The molecule has 0 spiro atoms. The number of ether oxygens (including phenoxy) is 1. The molecule has 0 saturated heterocycles. The average Bonchev–Trinajstić information content (AvgIpc) is 2.39. The van der Waals surface area contributed by atoms with Gasteiger partial charge >= 0.3 is 0 Å². The highest BCUT2D eigenvalue weighted by molar-refractivity contribution is 4.95. The zero-order valence-electron chi connectivity index (χ0n) is 13.2. The fourth-order valence-electron chi connectivity index (χ4n) is 3.89. The van der Waals surface area contributed by atoms with Gasteiger partial charge in [-0.15, -0.1) is 0 Å². The van der Waals surface area contributed by atoms with Crippen LogP contribution in [-0.2, 0) is 4.74 Å². The van der Waals surface area contributed by atoms with Crippen LogP contribution in [0.2, 0.25) is 0 Å². The molecule has 1 atom stereocenters. The van der Waals surface area contributed by atoms with Crippen LogP contribution in [0.5, 0.6) is 0 Å². The lowest BCUT2D eigenvalue weighted by Gasteiger charge is -2.45. The maximum absolute atomic E-state index is 5.86. The second-order valence-corrected chi connectivity index (χ2v) is 7.03. The van der Waals surface area contributed by atoms with Crippen molar-refractivity contribution < 1.29 is 4.74 Å². The summed E-state index contributed by atoms with van der Waals surface area (Å²) in [6.45, 7) is 5.84.